The Morgan fingerprint density at radius 1 is 1.02 bits per heavy atom. The third-order valence-electron chi connectivity index (χ3n) is 7.30. The van der Waals surface area contributed by atoms with Gasteiger partial charge in [-0.25, -0.2) is 4.79 Å². The molecule has 0 saturated heterocycles. The molecule has 0 atom stereocenters. The van der Waals surface area contributed by atoms with Crippen molar-refractivity contribution in [3.05, 3.63) is 76.1 Å². The summed E-state index contributed by atoms with van der Waals surface area (Å²) in [5.74, 6) is -0.857. The molecule has 0 radical (unpaired) electrons. The standard InChI is InChI=1S/C31H35BF2N4O6/c1-20-25(13-15-28(39)35-18-6-4-5-7-31(42)44-38-29(40)16-17-30(38)41)21(2)36-26(20)19-23-10-14-27(37(23)32(33)34)22-8-11-24(43-3)12-9-22/h8-12,14,16-17,19,36,40-41H,2,4-7,13,15,18H2,1,3H3,(H,35,39)/b26-19-. The predicted molar refractivity (Wildman–Crippen MR) is 163 cm³/mol. The summed E-state index contributed by atoms with van der Waals surface area (Å²) in [6.45, 7) is 6.36. The number of carbonyl (C=O) groups excluding carboxylic acids is 2. The molecule has 0 fully saturated rings. The third kappa shape index (κ3) is 7.71. The van der Waals surface area contributed by atoms with Crippen molar-refractivity contribution in [3.8, 4) is 28.8 Å². The molecule has 0 bridgehead atoms. The summed E-state index contributed by atoms with van der Waals surface area (Å²) in [7, 11) is -1.21. The van der Waals surface area contributed by atoms with Gasteiger partial charge in [-0.2, -0.15) is 0 Å². The van der Waals surface area contributed by atoms with Crippen molar-refractivity contribution in [1.29, 1.82) is 0 Å². The highest BCUT2D eigenvalue weighted by Gasteiger charge is 2.24. The summed E-state index contributed by atoms with van der Waals surface area (Å²) < 4.78 is 35.1. The van der Waals surface area contributed by atoms with Crippen molar-refractivity contribution in [1.82, 2.24) is 19.5 Å². The van der Waals surface area contributed by atoms with Crippen LogP contribution in [-0.2, 0) is 16.0 Å². The smallest absolute Gasteiger partial charge is 0.497 e. The highest BCUT2D eigenvalue weighted by atomic mass is 19.2. The van der Waals surface area contributed by atoms with Crippen LogP contribution in [0.15, 0.2) is 48.5 Å². The molecule has 0 aliphatic rings. The first-order chi connectivity index (χ1) is 21.1. The molecule has 3 aromatic heterocycles. The molecular weight excluding hydrogens is 573 g/mol. The summed E-state index contributed by atoms with van der Waals surface area (Å²) in [6, 6.07) is 12.6. The third-order valence-corrected chi connectivity index (χ3v) is 7.30. The number of amides is 1. The molecular formula is C31H35BF2N4O6. The number of halogens is 2. The van der Waals surface area contributed by atoms with E-state index in [4.69, 9.17) is 9.57 Å². The van der Waals surface area contributed by atoms with E-state index < -0.39 is 13.4 Å². The second-order valence-electron chi connectivity index (χ2n) is 10.3. The number of aromatic nitrogens is 3. The molecule has 1 amide bonds. The lowest BCUT2D eigenvalue weighted by atomic mass is 10.1. The lowest BCUT2D eigenvalue weighted by molar-refractivity contribution is -0.145. The minimum Gasteiger partial charge on any atom is -0.497 e. The molecule has 3 heterocycles. The highest BCUT2D eigenvalue weighted by molar-refractivity contribution is 6.42. The number of nitrogens with zero attached hydrogens (tertiary/aromatic N) is 2. The number of aromatic amines is 1. The van der Waals surface area contributed by atoms with Crippen LogP contribution in [0.3, 0.4) is 0 Å². The zero-order chi connectivity index (χ0) is 31.8. The summed E-state index contributed by atoms with van der Waals surface area (Å²) in [4.78, 5) is 32.4. The Kier molecular flexibility index (Phi) is 10.5. The molecule has 232 valence electrons. The van der Waals surface area contributed by atoms with Gasteiger partial charge in [0.15, 0.2) is 0 Å². The van der Waals surface area contributed by atoms with Crippen molar-refractivity contribution in [3.63, 3.8) is 0 Å². The maximum Gasteiger partial charge on any atom is 0.678 e. The first-order valence-corrected chi connectivity index (χ1v) is 14.2. The van der Waals surface area contributed by atoms with Gasteiger partial charge >= 0.3 is 13.4 Å². The normalized spacial score (nSPS) is 11.5. The maximum atomic E-state index is 14.2. The molecule has 0 spiro atoms. The van der Waals surface area contributed by atoms with Gasteiger partial charge in [0, 0.05) is 53.6 Å². The fourth-order valence-electron chi connectivity index (χ4n) is 4.92. The number of aromatic hydroxyl groups is 2. The minimum absolute atomic E-state index is 0.0915. The Labute approximate surface area is 253 Å². The van der Waals surface area contributed by atoms with E-state index in [1.807, 2.05) is 6.92 Å². The van der Waals surface area contributed by atoms with E-state index in [1.165, 1.54) is 12.1 Å². The number of nitrogens with one attached hydrogen (secondary N) is 2. The van der Waals surface area contributed by atoms with Gasteiger partial charge in [-0.05, 0) is 85.4 Å². The van der Waals surface area contributed by atoms with Gasteiger partial charge in [-0.1, -0.05) is 13.0 Å². The van der Waals surface area contributed by atoms with E-state index in [1.54, 1.807) is 49.6 Å². The zero-order valence-electron chi connectivity index (χ0n) is 24.6. The summed E-state index contributed by atoms with van der Waals surface area (Å²) >= 11 is 0. The number of carbonyl (C=O) groups is 2. The zero-order valence-corrected chi connectivity index (χ0v) is 24.6. The van der Waals surface area contributed by atoms with Crippen LogP contribution in [0.2, 0.25) is 0 Å². The van der Waals surface area contributed by atoms with Crippen LogP contribution >= 0.6 is 0 Å². The molecule has 4 N–H and O–H groups in total. The van der Waals surface area contributed by atoms with Gasteiger partial charge in [0.2, 0.25) is 17.7 Å². The Balaban J connectivity index is 1.28. The van der Waals surface area contributed by atoms with E-state index in [0.29, 0.717) is 70.4 Å². The van der Waals surface area contributed by atoms with E-state index in [2.05, 4.69) is 16.9 Å². The first kappa shape index (κ1) is 32.0. The second-order valence-corrected chi connectivity index (χ2v) is 10.3. The monoisotopic (exact) mass is 608 g/mol. The molecule has 13 heteroatoms. The lowest BCUT2D eigenvalue weighted by Gasteiger charge is -2.09. The molecule has 0 unspecified atom stereocenters. The fourth-order valence-corrected chi connectivity index (χ4v) is 4.92. The van der Waals surface area contributed by atoms with E-state index in [9.17, 15) is 28.4 Å². The Morgan fingerprint density at radius 3 is 2.39 bits per heavy atom. The second kappa shape index (κ2) is 14.5. The van der Waals surface area contributed by atoms with Crippen molar-refractivity contribution in [2.24, 2.45) is 0 Å². The molecule has 44 heavy (non-hydrogen) atoms. The number of benzene rings is 1. The van der Waals surface area contributed by atoms with Gasteiger partial charge in [-0.15, -0.1) is 4.73 Å². The van der Waals surface area contributed by atoms with Crippen LogP contribution in [0.25, 0.3) is 23.9 Å². The molecule has 0 aliphatic carbocycles. The summed E-state index contributed by atoms with van der Waals surface area (Å²) in [6.07, 6.45) is 4.25. The number of hydrogen-bond acceptors (Lipinski definition) is 6. The lowest BCUT2D eigenvalue weighted by Crippen LogP contribution is -2.25. The largest absolute Gasteiger partial charge is 0.678 e. The van der Waals surface area contributed by atoms with Crippen molar-refractivity contribution in [2.45, 2.75) is 45.4 Å². The molecule has 1 aromatic carbocycles. The molecule has 0 saturated carbocycles. The quantitative estimate of drug-likeness (QED) is 0.128. The highest BCUT2D eigenvalue weighted by Crippen LogP contribution is 2.26. The van der Waals surface area contributed by atoms with Crippen LogP contribution in [-0.4, -0.2) is 57.3 Å². The minimum atomic E-state index is -2.76. The fraction of sp³-hybridized carbons (Fsp3) is 0.290. The number of H-pyrrole nitrogens is 1. The van der Waals surface area contributed by atoms with Gasteiger partial charge in [0.1, 0.15) is 5.75 Å². The van der Waals surface area contributed by atoms with Crippen LogP contribution in [0.1, 0.15) is 48.9 Å². The first-order valence-electron chi connectivity index (χ1n) is 14.2. The number of methoxy groups -OCH3 is 1. The van der Waals surface area contributed by atoms with E-state index >= 15 is 0 Å². The number of rotatable bonds is 14. The van der Waals surface area contributed by atoms with Gasteiger partial charge in [0.05, 0.1) is 7.11 Å². The predicted octanol–water partition coefficient (Wildman–Crippen LogP) is 3.29. The van der Waals surface area contributed by atoms with Crippen molar-refractivity contribution < 1.29 is 38.0 Å². The SMILES string of the molecule is C=c1[nH]/c(=C\c2ccc(-c3ccc(OC)cc3)n2B(F)F)c(C)c1CCC(=O)NCCCCCC(=O)On1c(O)ccc1O. The van der Waals surface area contributed by atoms with Crippen LogP contribution in [0.5, 0.6) is 17.5 Å². The average molecular weight is 608 g/mol. The Bertz CT molecular complexity index is 1690. The van der Waals surface area contributed by atoms with Crippen molar-refractivity contribution >= 4 is 31.9 Å². The Hall–Kier alpha value is -4.94. The Morgan fingerprint density at radius 2 is 1.73 bits per heavy atom. The van der Waals surface area contributed by atoms with Crippen LogP contribution < -0.4 is 25.6 Å². The van der Waals surface area contributed by atoms with Crippen molar-refractivity contribution in [2.75, 3.05) is 13.7 Å². The molecule has 0 aliphatic heterocycles. The number of hydrogen-bond donors (Lipinski definition) is 4. The van der Waals surface area contributed by atoms with Gasteiger partial charge in [0.25, 0.3) is 0 Å². The molecule has 4 rings (SSSR count). The van der Waals surface area contributed by atoms with Gasteiger partial charge in [-0.3, -0.25) is 13.4 Å². The van der Waals surface area contributed by atoms with Crippen LogP contribution in [0, 0.1) is 6.92 Å². The number of ether oxygens (including phenoxy) is 1. The molecule has 4 aromatic rings. The topological polar surface area (TPSA) is 131 Å². The molecule has 10 nitrogen and oxygen atoms in total. The summed E-state index contributed by atoms with van der Waals surface area (Å²) in [5.41, 5.74) is 3.03. The average Bonchev–Trinajstić information content (AvgIpc) is 3.65. The maximum absolute atomic E-state index is 14.2. The van der Waals surface area contributed by atoms with Gasteiger partial charge < -0.3 is 34.6 Å². The van der Waals surface area contributed by atoms with E-state index in [0.717, 1.165) is 15.6 Å². The summed E-state index contributed by atoms with van der Waals surface area (Å²) in [5, 5.41) is 23.2. The number of unbranched alkanes of at least 4 members (excludes halogenated alkanes) is 2. The van der Waals surface area contributed by atoms with E-state index in [-0.39, 0.29) is 30.5 Å². The van der Waals surface area contributed by atoms with Crippen LogP contribution in [0.4, 0.5) is 8.63 Å².